The lowest BCUT2D eigenvalue weighted by Gasteiger charge is -2.39. The van der Waals surface area contributed by atoms with Gasteiger partial charge >= 0.3 is 0 Å². The number of carbonyl (C=O) groups excluding carboxylic acids is 1. The van der Waals surface area contributed by atoms with E-state index < -0.39 is 21.7 Å². The summed E-state index contributed by atoms with van der Waals surface area (Å²) < 4.78 is 43.4. The summed E-state index contributed by atoms with van der Waals surface area (Å²) in [5.41, 5.74) is 0.0837. The van der Waals surface area contributed by atoms with Gasteiger partial charge in [0, 0.05) is 36.2 Å². The van der Waals surface area contributed by atoms with Gasteiger partial charge < -0.3 is 14.6 Å². The number of hydrogen-bond acceptors (Lipinski definition) is 6. The third-order valence-corrected chi connectivity index (χ3v) is 8.92. The SMILES string of the molecule is C[C@H](C(=O)N1CCC(O)(c2ccc(S(=O)(=O)Nc3nccs3)cc2)CC1)n1ccc2c(F)cccc21. The van der Waals surface area contributed by atoms with Gasteiger partial charge in [-0.2, -0.15) is 0 Å². The molecule has 3 heterocycles. The van der Waals surface area contributed by atoms with Gasteiger partial charge in [0.2, 0.25) is 5.91 Å². The molecule has 0 saturated carbocycles. The van der Waals surface area contributed by atoms with Crippen molar-refractivity contribution in [2.75, 3.05) is 17.8 Å². The normalized spacial score (nSPS) is 16.7. The van der Waals surface area contributed by atoms with Crippen LogP contribution in [-0.4, -0.2) is 47.0 Å². The van der Waals surface area contributed by atoms with Crippen LogP contribution in [0.3, 0.4) is 0 Å². The average Bonchev–Trinajstić information content (AvgIpc) is 3.54. The molecule has 0 unspecified atom stereocenters. The average molecular weight is 529 g/mol. The summed E-state index contributed by atoms with van der Waals surface area (Å²) in [6, 6.07) is 12.1. The molecule has 4 aromatic rings. The summed E-state index contributed by atoms with van der Waals surface area (Å²) in [4.78, 5) is 18.9. The van der Waals surface area contributed by atoms with E-state index in [1.165, 1.54) is 35.7 Å². The Balaban J connectivity index is 1.26. The molecule has 0 radical (unpaired) electrons. The largest absolute Gasteiger partial charge is 0.385 e. The molecule has 2 aromatic carbocycles. The second kappa shape index (κ2) is 9.30. The van der Waals surface area contributed by atoms with Crippen LogP contribution in [0.2, 0.25) is 0 Å². The molecule has 188 valence electrons. The van der Waals surface area contributed by atoms with Gasteiger partial charge in [-0.05, 0) is 55.7 Å². The molecule has 36 heavy (non-hydrogen) atoms. The molecule has 0 bridgehead atoms. The summed E-state index contributed by atoms with van der Waals surface area (Å²) in [6.45, 7) is 2.48. The minimum absolute atomic E-state index is 0.0712. The number of amides is 1. The van der Waals surface area contributed by atoms with Crippen LogP contribution in [-0.2, 0) is 20.4 Å². The molecule has 1 fully saturated rings. The molecular weight excluding hydrogens is 503 g/mol. The Hall–Kier alpha value is -3.28. The van der Waals surface area contributed by atoms with Gasteiger partial charge in [0.25, 0.3) is 10.0 Å². The van der Waals surface area contributed by atoms with Gasteiger partial charge in [-0.1, -0.05) is 18.2 Å². The van der Waals surface area contributed by atoms with Gasteiger partial charge in [-0.15, -0.1) is 11.3 Å². The van der Waals surface area contributed by atoms with Crippen molar-refractivity contribution < 1.29 is 22.7 Å². The first-order valence-electron chi connectivity index (χ1n) is 11.5. The topological polar surface area (TPSA) is 105 Å². The lowest BCUT2D eigenvalue weighted by atomic mass is 9.84. The van der Waals surface area contributed by atoms with E-state index in [2.05, 4.69) is 9.71 Å². The first-order valence-corrected chi connectivity index (χ1v) is 13.8. The third kappa shape index (κ3) is 4.49. The zero-order valence-corrected chi connectivity index (χ0v) is 21.1. The number of sulfonamides is 1. The molecule has 1 atom stereocenters. The van der Waals surface area contributed by atoms with Crippen LogP contribution in [0.5, 0.6) is 0 Å². The summed E-state index contributed by atoms with van der Waals surface area (Å²) in [6.07, 6.45) is 3.86. The number of nitrogens with one attached hydrogen (secondary N) is 1. The molecule has 0 aliphatic carbocycles. The van der Waals surface area contributed by atoms with Crippen molar-refractivity contribution in [2.24, 2.45) is 0 Å². The number of anilines is 1. The monoisotopic (exact) mass is 528 g/mol. The van der Waals surface area contributed by atoms with Crippen molar-refractivity contribution in [3.63, 3.8) is 0 Å². The van der Waals surface area contributed by atoms with Gasteiger partial charge in [-0.25, -0.2) is 17.8 Å². The fraction of sp³-hybridized carbons (Fsp3) is 0.280. The second-order valence-electron chi connectivity index (χ2n) is 8.90. The molecule has 0 spiro atoms. The van der Waals surface area contributed by atoms with Crippen molar-refractivity contribution in [1.82, 2.24) is 14.5 Å². The molecule has 2 N–H and O–H groups in total. The maximum absolute atomic E-state index is 14.1. The standard InChI is InChI=1S/C25H25FN4O4S2/c1-17(30-13-9-20-21(26)3-2-4-22(20)30)23(31)29-14-10-25(32,11-15-29)18-5-7-19(8-6-18)36(33,34)28-24-27-12-16-35-24/h2-9,12-13,16-17,32H,10-11,14-15H2,1H3,(H,27,28)/t17-/m1/s1. The molecule has 5 rings (SSSR count). The molecule has 11 heteroatoms. The van der Waals surface area contributed by atoms with Crippen LogP contribution < -0.4 is 4.72 Å². The number of aromatic nitrogens is 2. The summed E-state index contributed by atoms with van der Waals surface area (Å²) in [5, 5.41) is 13.7. The summed E-state index contributed by atoms with van der Waals surface area (Å²) in [7, 11) is -3.78. The number of carbonyl (C=O) groups is 1. The summed E-state index contributed by atoms with van der Waals surface area (Å²) >= 11 is 1.18. The summed E-state index contributed by atoms with van der Waals surface area (Å²) in [5.74, 6) is -0.430. The van der Waals surface area contributed by atoms with E-state index in [4.69, 9.17) is 0 Å². The molecule has 1 aliphatic rings. The smallest absolute Gasteiger partial charge is 0.263 e. The molecular formula is C25H25FN4O4S2. The lowest BCUT2D eigenvalue weighted by Crippen LogP contribution is -2.47. The number of likely N-dealkylation sites (tertiary alicyclic amines) is 1. The molecule has 1 aliphatic heterocycles. The zero-order valence-electron chi connectivity index (χ0n) is 19.5. The molecule has 1 amide bonds. The molecule has 1 saturated heterocycles. The van der Waals surface area contributed by atoms with Crippen molar-refractivity contribution in [1.29, 1.82) is 0 Å². The van der Waals surface area contributed by atoms with Crippen LogP contribution in [0.15, 0.2) is 71.2 Å². The Morgan fingerprint density at radius 3 is 2.56 bits per heavy atom. The Morgan fingerprint density at radius 2 is 1.89 bits per heavy atom. The van der Waals surface area contributed by atoms with Gasteiger partial charge in [-0.3, -0.25) is 9.52 Å². The van der Waals surface area contributed by atoms with Crippen LogP contribution >= 0.6 is 11.3 Å². The van der Waals surface area contributed by atoms with E-state index in [1.54, 1.807) is 58.3 Å². The first kappa shape index (κ1) is 24.4. The van der Waals surface area contributed by atoms with E-state index >= 15 is 0 Å². The number of fused-ring (bicyclic) bond motifs is 1. The van der Waals surface area contributed by atoms with Gasteiger partial charge in [0.15, 0.2) is 5.13 Å². The van der Waals surface area contributed by atoms with E-state index in [1.807, 2.05) is 0 Å². The van der Waals surface area contributed by atoms with Crippen molar-refractivity contribution >= 4 is 43.3 Å². The van der Waals surface area contributed by atoms with Crippen LogP contribution in [0, 0.1) is 5.82 Å². The molecule has 2 aromatic heterocycles. The number of rotatable bonds is 6. The van der Waals surface area contributed by atoms with E-state index in [0.29, 0.717) is 42.4 Å². The number of aliphatic hydroxyl groups is 1. The van der Waals surface area contributed by atoms with Crippen molar-refractivity contribution in [3.05, 3.63) is 77.7 Å². The van der Waals surface area contributed by atoms with Gasteiger partial charge in [0.05, 0.1) is 16.0 Å². The quantitative estimate of drug-likeness (QED) is 0.392. The van der Waals surface area contributed by atoms with E-state index in [9.17, 15) is 22.7 Å². The van der Waals surface area contributed by atoms with Crippen LogP contribution in [0.4, 0.5) is 9.52 Å². The number of thiazole rings is 1. The highest BCUT2D eigenvalue weighted by Crippen LogP contribution is 2.34. The van der Waals surface area contributed by atoms with Gasteiger partial charge in [0.1, 0.15) is 11.9 Å². The maximum Gasteiger partial charge on any atom is 0.263 e. The fourth-order valence-electron chi connectivity index (χ4n) is 4.65. The Kier molecular flexibility index (Phi) is 6.31. The minimum atomic E-state index is -3.78. The van der Waals surface area contributed by atoms with Crippen molar-refractivity contribution in [2.45, 2.75) is 36.3 Å². The highest BCUT2D eigenvalue weighted by atomic mass is 32.2. The Labute approximate surface area is 212 Å². The lowest BCUT2D eigenvalue weighted by molar-refractivity contribution is -0.138. The zero-order chi connectivity index (χ0) is 25.5. The number of benzene rings is 2. The first-order chi connectivity index (χ1) is 17.2. The highest BCUT2D eigenvalue weighted by molar-refractivity contribution is 7.93. The van der Waals surface area contributed by atoms with Crippen LogP contribution in [0.1, 0.15) is 31.4 Å². The minimum Gasteiger partial charge on any atom is -0.385 e. The predicted molar refractivity (Wildman–Crippen MR) is 136 cm³/mol. The van der Waals surface area contributed by atoms with E-state index in [-0.39, 0.29) is 21.8 Å². The number of piperidine rings is 1. The number of nitrogens with zero attached hydrogens (tertiary/aromatic N) is 3. The third-order valence-electron chi connectivity index (χ3n) is 6.74. The highest BCUT2D eigenvalue weighted by Gasteiger charge is 2.37. The maximum atomic E-state index is 14.1. The fourth-order valence-corrected chi connectivity index (χ4v) is 6.44. The number of halogens is 1. The Morgan fingerprint density at radius 1 is 1.17 bits per heavy atom. The number of hydrogen-bond donors (Lipinski definition) is 2. The predicted octanol–water partition coefficient (Wildman–Crippen LogP) is 4.11. The van der Waals surface area contributed by atoms with E-state index in [0.717, 1.165) is 0 Å². The Bertz CT molecular complexity index is 1490. The van der Waals surface area contributed by atoms with Crippen molar-refractivity contribution in [3.8, 4) is 0 Å². The molecule has 8 nitrogen and oxygen atoms in total. The second-order valence-corrected chi connectivity index (χ2v) is 11.5. The van der Waals surface area contributed by atoms with Crippen LogP contribution in [0.25, 0.3) is 10.9 Å².